The van der Waals surface area contributed by atoms with Crippen molar-refractivity contribution in [2.75, 3.05) is 18.1 Å². The molecule has 0 radical (unpaired) electrons. The van der Waals surface area contributed by atoms with Crippen LogP contribution < -0.4 is 0 Å². The first kappa shape index (κ1) is 17.6. The minimum Gasteiger partial charge on any atom is -0.480 e. The van der Waals surface area contributed by atoms with E-state index in [1.54, 1.807) is 36.9 Å². The number of rotatable bonds is 8. The average molecular weight is 310 g/mol. The second kappa shape index (κ2) is 8.08. The normalized spacial score (nSPS) is 13.5. The number of hydrogen-bond donors (Lipinski definition) is 1. The van der Waals surface area contributed by atoms with E-state index in [0.717, 1.165) is 11.3 Å². The zero-order chi connectivity index (χ0) is 15.9. The van der Waals surface area contributed by atoms with Crippen molar-refractivity contribution in [3.05, 3.63) is 35.4 Å². The zero-order valence-corrected chi connectivity index (χ0v) is 13.5. The summed E-state index contributed by atoms with van der Waals surface area (Å²) >= 11 is 1.62. The van der Waals surface area contributed by atoms with Crippen molar-refractivity contribution in [2.24, 2.45) is 0 Å². The zero-order valence-electron chi connectivity index (χ0n) is 12.7. The van der Waals surface area contributed by atoms with Gasteiger partial charge in [0.15, 0.2) is 5.41 Å². The summed E-state index contributed by atoms with van der Waals surface area (Å²) in [7, 11) is 0. The highest BCUT2D eigenvalue weighted by Crippen LogP contribution is 2.32. The number of carboxylic acid groups (broad SMARTS) is 1. The summed E-state index contributed by atoms with van der Waals surface area (Å²) in [5, 5.41) is 9.75. The molecular weight excluding hydrogens is 288 g/mol. The molecule has 0 amide bonds. The van der Waals surface area contributed by atoms with E-state index in [1.165, 1.54) is 0 Å². The maximum atomic E-state index is 12.4. The minimum atomic E-state index is -1.62. The minimum absolute atomic E-state index is 0.167. The van der Waals surface area contributed by atoms with Crippen molar-refractivity contribution in [1.29, 1.82) is 0 Å². The first-order chi connectivity index (χ1) is 9.98. The van der Waals surface area contributed by atoms with Gasteiger partial charge in [-0.1, -0.05) is 36.8 Å². The molecular formula is C16H22O4S. The summed E-state index contributed by atoms with van der Waals surface area (Å²) in [5.74, 6) is -0.356. The largest absolute Gasteiger partial charge is 0.480 e. The molecule has 21 heavy (non-hydrogen) atoms. The topological polar surface area (TPSA) is 63.6 Å². The van der Waals surface area contributed by atoms with Gasteiger partial charge < -0.3 is 9.84 Å². The monoisotopic (exact) mass is 310 g/mol. The molecule has 0 aliphatic carbocycles. The number of aryl methyl sites for hydroxylation is 1. The smallest absolute Gasteiger partial charge is 0.328 e. The Labute approximate surface area is 129 Å². The van der Waals surface area contributed by atoms with Crippen molar-refractivity contribution in [1.82, 2.24) is 0 Å². The number of carbonyl (C=O) groups is 2. The summed E-state index contributed by atoms with van der Waals surface area (Å²) in [6.07, 6.45) is 0.225. The molecule has 4 nitrogen and oxygen atoms in total. The van der Waals surface area contributed by atoms with Gasteiger partial charge in [0.05, 0.1) is 6.61 Å². The molecule has 0 aromatic heterocycles. The third-order valence-corrected chi connectivity index (χ3v) is 4.23. The number of esters is 1. The highest BCUT2D eigenvalue weighted by atomic mass is 32.2. The lowest BCUT2D eigenvalue weighted by Gasteiger charge is -2.27. The molecule has 0 heterocycles. The van der Waals surface area contributed by atoms with Gasteiger partial charge in [-0.25, -0.2) is 0 Å². The SMILES string of the molecule is CCOC(=O)C(CCSCC)(C(=O)O)c1cccc(C)c1. The van der Waals surface area contributed by atoms with Gasteiger partial charge in [0.25, 0.3) is 0 Å². The standard InChI is InChI=1S/C16H22O4S/c1-4-20-15(19)16(14(17)18,9-10-21-5-2)13-8-6-7-12(3)11-13/h6-8,11H,4-5,9-10H2,1-3H3,(H,17,18). The molecule has 116 valence electrons. The molecule has 5 heteroatoms. The Balaban J connectivity index is 3.29. The van der Waals surface area contributed by atoms with Crippen LogP contribution >= 0.6 is 11.8 Å². The number of ether oxygens (including phenoxy) is 1. The summed E-state index contributed by atoms with van der Waals surface area (Å²) in [5.41, 5.74) is -0.208. The Morgan fingerprint density at radius 3 is 2.57 bits per heavy atom. The van der Waals surface area contributed by atoms with Crippen molar-refractivity contribution in [3.8, 4) is 0 Å². The van der Waals surface area contributed by atoms with Gasteiger partial charge in [-0.2, -0.15) is 11.8 Å². The molecule has 1 aromatic carbocycles. The van der Waals surface area contributed by atoms with Crippen LogP contribution in [0.25, 0.3) is 0 Å². The van der Waals surface area contributed by atoms with Crippen molar-refractivity contribution in [3.63, 3.8) is 0 Å². The van der Waals surface area contributed by atoms with E-state index in [-0.39, 0.29) is 13.0 Å². The van der Waals surface area contributed by atoms with Crippen LogP contribution in [0.1, 0.15) is 31.4 Å². The quantitative estimate of drug-likeness (QED) is 0.454. The highest BCUT2D eigenvalue weighted by Gasteiger charge is 2.49. The van der Waals surface area contributed by atoms with Gasteiger partial charge >= 0.3 is 11.9 Å². The summed E-state index contributed by atoms with van der Waals surface area (Å²) in [6.45, 7) is 5.73. The lowest BCUT2D eigenvalue weighted by atomic mass is 9.77. The molecule has 0 fully saturated rings. The third-order valence-electron chi connectivity index (χ3n) is 3.33. The van der Waals surface area contributed by atoms with E-state index in [4.69, 9.17) is 4.74 Å². The Morgan fingerprint density at radius 2 is 2.05 bits per heavy atom. The highest BCUT2D eigenvalue weighted by molar-refractivity contribution is 7.99. The molecule has 0 saturated heterocycles. The van der Waals surface area contributed by atoms with Gasteiger partial charge in [0.2, 0.25) is 0 Å². The molecule has 0 aliphatic rings. The summed E-state index contributed by atoms with van der Waals surface area (Å²) in [6, 6.07) is 7.09. The average Bonchev–Trinajstić information content (AvgIpc) is 2.43. The Kier molecular flexibility index (Phi) is 6.75. The van der Waals surface area contributed by atoms with Crippen LogP contribution in [0.3, 0.4) is 0 Å². The van der Waals surface area contributed by atoms with E-state index >= 15 is 0 Å². The molecule has 1 unspecified atom stereocenters. The van der Waals surface area contributed by atoms with Crippen LogP contribution in [0.15, 0.2) is 24.3 Å². The van der Waals surface area contributed by atoms with E-state index in [0.29, 0.717) is 11.3 Å². The lowest BCUT2D eigenvalue weighted by molar-refractivity contribution is -0.161. The first-order valence-corrected chi connectivity index (χ1v) is 8.20. The Bertz CT molecular complexity index is 501. The van der Waals surface area contributed by atoms with E-state index < -0.39 is 17.4 Å². The van der Waals surface area contributed by atoms with Gasteiger partial charge in [-0.3, -0.25) is 9.59 Å². The van der Waals surface area contributed by atoms with Crippen molar-refractivity contribution < 1.29 is 19.4 Å². The number of hydrogen-bond acceptors (Lipinski definition) is 4. The van der Waals surface area contributed by atoms with Crippen LogP contribution in [-0.4, -0.2) is 35.2 Å². The molecule has 0 saturated carbocycles. The maximum absolute atomic E-state index is 12.4. The van der Waals surface area contributed by atoms with Crippen LogP contribution in [0.4, 0.5) is 0 Å². The molecule has 1 aromatic rings. The summed E-state index contributed by atoms with van der Waals surface area (Å²) < 4.78 is 5.06. The van der Waals surface area contributed by atoms with E-state index in [1.807, 2.05) is 19.9 Å². The van der Waals surface area contributed by atoms with Gasteiger partial charge in [-0.15, -0.1) is 0 Å². The lowest BCUT2D eigenvalue weighted by Crippen LogP contribution is -2.45. The number of thioether (sulfide) groups is 1. The van der Waals surface area contributed by atoms with Crippen molar-refractivity contribution in [2.45, 2.75) is 32.6 Å². The molecule has 0 bridgehead atoms. The van der Waals surface area contributed by atoms with Crippen molar-refractivity contribution >= 4 is 23.7 Å². The second-order valence-electron chi connectivity index (χ2n) is 4.75. The maximum Gasteiger partial charge on any atom is 0.328 e. The fourth-order valence-corrected chi connectivity index (χ4v) is 2.96. The van der Waals surface area contributed by atoms with Gasteiger partial charge in [0, 0.05) is 0 Å². The van der Waals surface area contributed by atoms with Crippen LogP contribution in [0, 0.1) is 6.92 Å². The molecule has 1 N–H and O–H groups in total. The third kappa shape index (κ3) is 4.00. The second-order valence-corrected chi connectivity index (χ2v) is 6.14. The number of benzene rings is 1. The van der Waals surface area contributed by atoms with E-state index in [2.05, 4.69) is 0 Å². The number of carbonyl (C=O) groups excluding carboxylic acids is 1. The predicted molar refractivity (Wildman–Crippen MR) is 84.7 cm³/mol. The Hall–Kier alpha value is -1.49. The molecule has 0 aliphatic heterocycles. The van der Waals surface area contributed by atoms with E-state index in [9.17, 15) is 14.7 Å². The molecule has 1 rings (SSSR count). The molecule has 0 spiro atoms. The van der Waals surface area contributed by atoms with Crippen LogP contribution in [-0.2, 0) is 19.7 Å². The predicted octanol–water partition coefficient (Wildman–Crippen LogP) is 3.02. The molecule has 1 atom stereocenters. The van der Waals surface area contributed by atoms with Gasteiger partial charge in [0.1, 0.15) is 0 Å². The van der Waals surface area contributed by atoms with Gasteiger partial charge in [-0.05, 0) is 37.3 Å². The number of carboxylic acids is 1. The Morgan fingerprint density at radius 1 is 1.33 bits per heavy atom. The first-order valence-electron chi connectivity index (χ1n) is 7.04. The van der Waals surface area contributed by atoms with Crippen LogP contribution in [0.2, 0.25) is 0 Å². The van der Waals surface area contributed by atoms with Crippen LogP contribution in [0.5, 0.6) is 0 Å². The fourth-order valence-electron chi connectivity index (χ4n) is 2.22. The summed E-state index contributed by atoms with van der Waals surface area (Å²) in [4.78, 5) is 24.3. The number of aliphatic carboxylic acids is 1. The fraction of sp³-hybridized carbons (Fsp3) is 0.500.